The molecular weight excluding hydrogens is 308 g/mol. The van der Waals surface area contributed by atoms with E-state index in [1.54, 1.807) is 11.3 Å². The maximum atomic E-state index is 4.81. The Balaban J connectivity index is 1.85. The van der Waals surface area contributed by atoms with Gasteiger partial charge in [0.25, 0.3) is 0 Å². The van der Waals surface area contributed by atoms with Crippen LogP contribution in [-0.4, -0.2) is 49.2 Å². The molecule has 2 aromatic rings. The van der Waals surface area contributed by atoms with E-state index in [4.69, 9.17) is 9.97 Å². The molecule has 0 saturated carbocycles. The molecule has 3 heterocycles. The number of hydrogen-bond donors (Lipinski definition) is 1. The summed E-state index contributed by atoms with van der Waals surface area (Å²) in [5, 5.41) is 3.40. The third-order valence-electron chi connectivity index (χ3n) is 4.18. The van der Waals surface area contributed by atoms with Crippen LogP contribution >= 0.6 is 11.3 Å². The molecule has 0 spiro atoms. The largest absolute Gasteiger partial charge is 0.359 e. The maximum Gasteiger partial charge on any atom is 0.227 e. The Labute approximate surface area is 141 Å². The molecule has 0 fully saturated rings. The van der Waals surface area contributed by atoms with Gasteiger partial charge in [-0.15, -0.1) is 11.3 Å². The van der Waals surface area contributed by atoms with Crippen LogP contribution in [0, 0.1) is 6.92 Å². The van der Waals surface area contributed by atoms with Crippen LogP contribution in [0.3, 0.4) is 0 Å². The van der Waals surface area contributed by atoms with Crippen LogP contribution in [0.4, 0.5) is 11.8 Å². The van der Waals surface area contributed by atoms with Crippen molar-refractivity contribution in [1.82, 2.24) is 20.3 Å². The average Bonchev–Trinajstić information content (AvgIpc) is 2.96. The SMILES string of the molecule is Cc1ncsc1CCN(C)c1nc(N(C)C)nc2c1CCNC2. The van der Waals surface area contributed by atoms with Crippen LogP contribution in [0.2, 0.25) is 0 Å². The first-order chi connectivity index (χ1) is 11.1. The molecule has 0 unspecified atom stereocenters. The number of rotatable bonds is 5. The van der Waals surface area contributed by atoms with Crippen molar-refractivity contribution in [2.45, 2.75) is 26.3 Å². The molecule has 0 radical (unpaired) electrons. The molecule has 3 rings (SSSR count). The lowest BCUT2D eigenvalue weighted by Gasteiger charge is -2.27. The zero-order chi connectivity index (χ0) is 16.4. The first-order valence-corrected chi connectivity index (χ1v) is 8.82. The highest BCUT2D eigenvalue weighted by Crippen LogP contribution is 2.26. The van der Waals surface area contributed by atoms with E-state index in [0.717, 1.165) is 55.6 Å². The lowest BCUT2D eigenvalue weighted by atomic mass is 10.1. The summed E-state index contributed by atoms with van der Waals surface area (Å²) >= 11 is 1.73. The number of anilines is 2. The third-order valence-corrected chi connectivity index (χ3v) is 5.18. The Morgan fingerprint density at radius 1 is 1.26 bits per heavy atom. The average molecular weight is 332 g/mol. The van der Waals surface area contributed by atoms with Crippen LogP contribution in [0.25, 0.3) is 0 Å². The molecule has 1 N–H and O–H groups in total. The van der Waals surface area contributed by atoms with Gasteiger partial charge in [0.2, 0.25) is 5.95 Å². The fourth-order valence-corrected chi connectivity index (χ4v) is 3.55. The number of thiazole rings is 1. The summed E-state index contributed by atoms with van der Waals surface area (Å²) in [5.41, 5.74) is 5.49. The first kappa shape index (κ1) is 16.1. The van der Waals surface area contributed by atoms with E-state index >= 15 is 0 Å². The number of nitrogens with zero attached hydrogens (tertiary/aromatic N) is 5. The summed E-state index contributed by atoms with van der Waals surface area (Å²) < 4.78 is 0. The molecule has 0 aromatic carbocycles. The molecule has 0 atom stereocenters. The van der Waals surface area contributed by atoms with Crippen molar-refractivity contribution < 1.29 is 0 Å². The standard InChI is InChI=1S/C16H24N6S/c1-11-14(23-10-18-11)6-8-22(4)15-12-5-7-17-9-13(12)19-16(20-15)21(2)3/h10,17H,5-9H2,1-4H3. The third kappa shape index (κ3) is 3.45. The summed E-state index contributed by atoms with van der Waals surface area (Å²) in [4.78, 5) is 19.4. The van der Waals surface area contributed by atoms with Crippen molar-refractivity contribution in [2.24, 2.45) is 0 Å². The molecule has 6 nitrogen and oxygen atoms in total. The summed E-state index contributed by atoms with van der Waals surface area (Å²) in [6, 6.07) is 0. The molecule has 2 aromatic heterocycles. The lowest BCUT2D eigenvalue weighted by molar-refractivity contribution is 0.620. The Morgan fingerprint density at radius 2 is 2.09 bits per heavy atom. The second kappa shape index (κ2) is 6.80. The van der Waals surface area contributed by atoms with Gasteiger partial charge in [-0.3, -0.25) is 0 Å². The van der Waals surface area contributed by atoms with Crippen molar-refractivity contribution in [3.8, 4) is 0 Å². The van der Waals surface area contributed by atoms with E-state index in [1.807, 2.05) is 24.5 Å². The van der Waals surface area contributed by atoms with Gasteiger partial charge < -0.3 is 15.1 Å². The van der Waals surface area contributed by atoms with Crippen molar-refractivity contribution in [3.05, 3.63) is 27.3 Å². The van der Waals surface area contributed by atoms with Gasteiger partial charge in [-0.25, -0.2) is 9.97 Å². The molecule has 124 valence electrons. The minimum Gasteiger partial charge on any atom is -0.359 e. The van der Waals surface area contributed by atoms with Crippen molar-refractivity contribution in [1.29, 1.82) is 0 Å². The minimum atomic E-state index is 0.781. The van der Waals surface area contributed by atoms with Gasteiger partial charge in [-0.1, -0.05) is 0 Å². The Morgan fingerprint density at radius 3 is 2.78 bits per heavy atom. The van der Waals surface area contributed by atoms with Gasteiger partial charge in [0.15, 0.2) is 0 Å². The number of nitrogens with one attached hydrogen (secondary N) is 1. The fraction of sp³-hybridized carbons (Fsp3) is 0.562. The fourth-order valence-electron chi connectivity index (χ4n) is 2.78. The Hall–Kier alpha value is -1.73. The zero-order valence-electron chi connectivity index (χ0n) is 14.3. The minimum absolute atomic E-state index is 0.781. The summed E-state index contributed by atoms with van der Waals surface area (Å²) in [6.45, 7) is 4.83. The van der Waals surface area contributed by atoms with Crippen LogP contribution in [0.5, 0.6) is 0 Å². The van der Waals surface area contributed by atoms with Crippen molar-refractivity contribution >= 4 is 23.1 Å². The molecule has 0 saturated heterocycles. The zero-order valence-corrected chi connectivity index (χ0v) is 15.1. The van der Waals surface area contributed by atoms with E-state index in [-0.39, 0.29) is 0 Å². The molecule has 7 heteroatoms. The summed E-state index contributed by atoms with van der Waals surface area (Å²) in [7, 11) is 6.10. The van der Waals surface area contributed by atoms with Gasteiger partial charge >= 0.3 is 0 Å². The molecular formula is C16H24N6S. The number of hydrogen-bond acceptors (Lipinski definition) is 7. The number of likely N-dealkylation sites (N-methyl/N-ethyl adjacent to an activating group) is 1. The first-order valence-electron chi connectivity index (χ1n) is 7.94. The van der Waals surface area contributed by atoms with Gasteiger partial charge in [-0.2, -0.15) is 4.98 Å². The van der Waals surface area contributed by atoms with Crippen LogP contribution in [0.15, 0.2) is 5.51 Å². The van der Waals surface area contributed by atoms with Gasteiger partial charge in [-0.05, 0) is 19.9 Å². The van der Waals surface area contributed by atoms with E-state index in [1.165, 1.54) is 10.4 Å². The molecule has 0 aliphatic carbocycles. The van der Waals surface area contributed by atoms with Crippen LogP contribution < -0.4 is 15.1 Å². The molecule has 0 bridgehead atoms. The monoisotopic (exact) mass is 332 g/mol. The quantitative estimate of drug-likeness (QED) is 0.898. The smallest absolute Gasteiger partial charge is 0.227 e. The van der Waals surface area contributed by atoms with Gasteiger partial charge in [0.1, 0.15) is 5.82 Å². The van der Waals surface area contributed by atoms with Crippen LogP contribution in [0.1, 0.15) is 21.8 Å². The molecule has 1 aliphatic heterocycles. The van der Waals surface area contributed by atoms with Gasteiger partial charge in [0, 0.05) is 51.1 Å². The van der Waals surface area contributed by atoms with E-state index in [0.29, 0.717) is 0 Å². The van der Waals surface area contributed by atoms with Gasteiger partial charge in [0.05, 0.1) is 16.9 Å². The highest BCUT2D eigenvalue weighted by atomic mass is 32.1. The maximum absolute atomic E-state index is 4.81. The highest BCUT2D eigenvalue weighted by molar-refractivity contribution is 7.09. The predicted molar refractivity (Wildman–Crippen MR) is 95.6 cm³/mol. The Bertz CT molecular complexity index is 681. The lowest BCUT2D eigenvalue weighted by Crippen LogP contribution is -2.31. The normalized spacial score (nSPS) is 13.7. The second-order valence-corrected chi connectivity index (χ2v) is 7.07. The summed E-state index contributed by atoms with van der Waals surface area (Å²) in [6.07, 6.45) is 1.99. The summed E-state index contributed by atoms with van der Waals surface area (Å²) in [5.74, 6) is 1.85. The van der Waals surface area contributed by atoms with Crippen molar-refractivity contribution in [3.63, 3.8) is 0 Å². The number of aryl methyl sites for hydroxylation is 1. The van der Waals surface area contributed by atoms with E-state index < -0.39 is 0 Å². The number of fused-ring (bicyclic) bond motifs is 1. The van der Waals surface area contributed by atoms with E-state index in [9.17, 15) is 0 Å². The topological polar surface area (TPSA) is 57.2 Å². The van der Waals surface area contributed by atoms with Crippen LogP contribution in [-0.2, 0) is 19.4 Å². The van der Waals surface area contributed by atoms with E-state index in [2.05, 4.69) is 29.2 Å². The van der Waals surface area contributed by atoms with Crippen molar-refractivity contribution in [2.75, 3.05) is 44.0 Å². The second-order valence-electron chi connectivity index (χ2n) is 6.13. The predicted octanol–water partition coefficient (Wildman–Crippen LogP) is 1.63. The molecule has 0 amide bonds. The Kier molecular flexibility index (Phi) is 4.77. The number of aromatic nitrogens is 3. The molecule has 23 heavy (non-hydrogen) atoms. The highest BCUT2D eigenvalue weighted by Gasteiger charge is 2.20. The molecule has 1 aliphatic rings.